The minimum absolute atomic E-state index is 0.0157. The van der Waals surface area contributed by atoms with Gasteiger partial charge >= 0.3 is 5.97 Å². The van der Waals surface area contributed by atoms with E-state index in [0.717, 1.165) is 38.8 Å². The number of hydrogen-bond acceptors (Lipinski definition) is 4. The fourth-order valence-corrected chi connectivity index (χ4v) is 4.59. The molecule has 0 radical (unpaired) electrons. The lowest BCUT2D eigenvalue weighted by Gasteiger charge is -2.41. The molecule has 2 aliphatic heterocycles. The van der Waals surface area contributed by atoms with Crippen LogP contribution in [-0.2, 0) is 9.59 Å². The van der Waals surface area contributed by atoms with E-state index >= 15 is 0 Å². The molecule has 114 valence electrons. The van der Waals surface area contributed by atoms with Crippen molar-refractivity contribution in [2.45, 2.75) is 50.9 Å². The number of nitrogens with zero attached hydrogens (tertiary/aromatic N) is 1. The highest BCUT2D eigenvalue weighted by molar-refractivity contribution is 8.00. The first-order valence-corrected chi connectivity index (χ1v) is 8.48. The molecule has 0 bridgehead atoms. The summed E-state index contributed by atoms with van der Waals surface area (Å²) in [6, 6.07) is -0.657. The fraction of sp³-hybridized carbons (Fsp3) is 0.857. The summed E-state index contributed by atoms with van der Waals surface area (Å²) in [5.74, 6) is -0.301. The third kappa shape index (κ3) is 2.68. The zero-order valence-electron chi connectivity index (χ0n) is 12.2. The molecule has 1 amide bonds. The van der Waals surface area contributed by atoms with Crippen molar-refractivity contribution < 1.29 is 14.7 Å². The van der Waals surface area contributed by atoms with Crippen LogP contribution in [0, 0.1) is 5.41 Å². The van der Waals surface area contributed by atoms with Crippen molar-refractivity contribution in [2.24, 2.45) is 5.41 Å². The number of hydrogen-bond donors (Lipinski definition) is 2. The van der Waals surface area contributed by atoms with Crippen molar-refractivity contribution in [1.29, 1.82) is 0 Å². The predicted octanol–water partition coefficient (Wildman–Crippen LogP) is 1.53. The number of aliphatic carboxylic acids is 1. The van der Waals surface area contributed by atoms with Gasteiger partial charge in [-0.3, -0.25) is 4.79 Å². The molecular formula is C14H24N2O3S. The van der Waals surface area contributed by atoms with Crippen LogP contribution < -0.4 is 5.32 Å². The molecule has 2 heterocycles. The quantitative estimate of drug-likeness (QED) is 0.824. The van der Waals surface area contributed by atoms with Crippen LogP contribution in [0.4, 0.5) is 0 Å². The van der Waals surface area contributed by atoms with Gasteiger partial charge in [-0.05, 0) is 38.8 Å². The van der Waals surface area contributed by atoms with E-state index < -0.39 is 12.0 Å². The summed E-state index contributed by atoms with van der Waals surface area (Å²) in [5, 5.41) is 12.7. The molecule has 20 heavy (non-hydrogen) atoms. The zero-order chi connectivity index (χ0) is 14.8. The number of amides is 1. The van der Waals surface area contributed by atoms with Gasteiger partial charge < -0.3 is 15.3 Å². The van der Waals surface area contributed by atoms with Gasteiger partial charge in [-0.15, -0.1) is 11.8 Å². The maximum Gasteiger partial charge on any atom is 0.327 e. The zero-order valence-corrected chi connectivity index (χ0v) is 13.0. The Bertz CT molecular complexity index is 383. The Morgan fingerprint density at radius 3 is 2.50 bits per heavy atom. The highest BCUT2D eigenvalue weighted by Crippen LogP contribution is 2.40. The first kappa shape index (κ1) is 15.6. The maximum atomic E-state index is 13.1. The van der Waals surface area contributed by atoms with E-state index in [-0.39, 0.29) is 16.7 Å². The Morgan fingerprint density at radius 1 is 1.35 bits per heavy atom. The van der Waals surface area contributed by atoms with Gasteiger partial charge in [0.2, 0.25) is 5.91 Å². The maximum absolute atomic E-state index is 13.1. The molecule has 2 unspecified atom stereocenters. The lowest BCUT2D eigenvalue weighted by atomic mass is 9.75. The molecule has 2 aliphatic rings. The van der Waals surface area contributed by atoms with Crippen molar-refractivity contribution in [3.63, 3.8) is 0 Å². The van der Waals surface area contributed by atoms with Gasteiger partial charge in [-0.2, -0.15) is 0 Å². The van der Waals surface area contributed by atoms with Gasteiger partial charge in [0.05, 0.1) is 10.8 Å². The van der Waals surface area contributed by atoms with E-state index in [9.17, 15) is 14.7 Å². The molecule has 2 rings (SSSR count). The molecule has 2 saturated heterocycles. The normalized spacial score (nSPS) is 29.4. The van der Waals surface area contributed by atoms with Crippen molar-refractivity contribution >= 4 is 23.6 Å². The number of thioether (sulfide) groups is 1. The van der Waals surface area contributed by atoms with Crippen LogP contribution in [0.15, 0.2) is 0 Å². The van der Waals surface area contributed by atoms with E-state index in [1.807, 2.05) is 13.8 Å². The summed E-state index contributed by atoms with van der Waals surface area (Å²) in [6.07, 6.45) is 3.22. The number of carbonyl (C=O) groups excluding carboxylic acids is 1. The molecule has 0 spiro atoms. The number of carbonyl (C=O) groups is 2. The van der Waals surface area contributed by atoms with Gasteiger partial charge in [-0.1, -0.05) is 13.8 Å². The van der Waals surface area contributed by atoms with Gasteiger partial charge in [0.25, 0.3) is 0 Å². The summed E-state index contributed by atoms with van der Waals surface area (Å²) >= 11 is 1.60. The van der Waals surface area contributed by atoms with Crippen molar-refractivity contribution in [1.82, 2.24) is 10.2 Å². The van der Waals surface area contributed by atoms with Crippen LogP contribution in [0.5, 0.6) is 0 Å². The lowest BCUT2D eigenvalue weighted by molar-refractivity contribution is -0.155. The molecule has 0 aromatic carbocycles. The van der Waals surface area contributed by atoms with E-state index in [2.05, 4.69) is 5.32 Å². The molecule has 0 saturated carbocycles. The topological polar surface area (TPSA) is 69.6 Å². The predicted molar refractivity (Wildman–Crippen MR) is 79.6 cm³/mol. The van der Waals surface area contributed by atoms with Gasteiger partial charge in [0.15, 0.2) is 0 Å². The molecule has 0 aliphatic carbocycles. The van der Waals surface area contributed by atoms with Crippen molar-refractivity contribution in [3.8, 4) is 0 Å². The fourth-order valence-electron chi connectivity index (χ4n) is 3.24. The first-order valence-electron chi connectivity index (χ1n) is 7.43. The van der Waals surface area contributed by atoms with Crippen LogP contribution >= 0.6 is 11.8 Å². The SMILES string of the molecule is CCC1SCC(C(=O)O)N1C(=O)C1(CC)CCNCC1. The molecular weight excluding hydrogens is 276 g/mol. The summed E-state index contributed by atoms with van der Waals surface area (Å²) in [7, 11) is 0. The first-order chi connectivity index (χ1) is 9.55. The van der Waals surface area contributed by atoms with Crippen LogP contribution in [0.2, 0.25) is 0 Å². The van der Waals surface area contributed by atoms with Gasteiger partial charge in [0, 0.05) is 5.75 Å². The van der Waals surface area contributed by atoms with Crippen LogP contribution in [0.3, 0.4) is 0 Å². The molecule has 2 N–H and O–H groups in total. The highest BCUT2D eigenvalue weighted by atomic mass is 32.2. The minimum atomic E-state index is -0.873. The molecule has 5 nitrogen and oxygen atoms in total. The van der Waals surface area contributed by atoms with Crippen molar-refractivity contribution in [3.05, 3.63) is 0 Å². The van der Waals surface area contributed by atoms with Crippen LogP contribution in [-0.4, -0.2) is 52.1 Å². The Hall–Kier alpha value is -0.750. The van der Waals surface area contributed by atoms with E-state index in [0.29, 0.717) is 5.75 Å². The second kappa shape index (κ2) is 6.35. The van der Waals surface area contributed by atoms with Crippen LogP contribution in [0.1, 0.15) is 39.5 Å². The van der Waals surface area contributed by atoms with E-state index in [4.69, 9.17) is 0 Å². The van der Waals surface area contributed by atoms with Crippen LogP contribution in [0.25, 0.3) is 0 Å². The third-order valence-electron chi connectivity index (χ3n) is 4.65. The average molecular weight is 300 g/mol. The summed E-state index contributed by atoms with van der Waals surface area (Å²) in [4.78, 5) is 26.2. The number of carboxylic acids is 1. The molecule has 0 aromatic heterocycles. The third-order valence-corrected chi connectivity index (χ3v) is 6.11. The average Bonchev–Trinajstić information content (AvgIpc) is 2.91. The Labute approximate surface area is 124 Å². The monoisotopic (exact) mass is 300 g/mol. The highest BCUT2D eigenvalue weighted by Gasteiger charge is 2.48. The summed E-state index contributed by atoms with van der Waals surface area (Å²) in [6.45, 7) is 5.75. The Balaban J connectivity index is 2.25. The second-order valence-corrected chi connectivity index (χ2v) is 6.86. The van der Waals surface area contributed by atoms with E-state index in [1.165, 1.54) is 0 Å². The number of piperidine rings is 1. The number of carboxylic acid groups (broad SMARTS) is 1. The minimum Gasteiger partial charge on any atom is -0.480 e. The molecule has 2 atom stereocenters. The summed E-state index contributed by atoms with van der Waals surface area (Å²) in [5.41, 5.74) is -0.364. The molecule has 2 fully saturated rings. The number of rotatable bonds is 4. The van der Waals surface area contributed by atoms with Gasteiger partial charge in [-0.25, -0.2) is 4.79 Å². The largest absolute Gasteiger partial charge is 0.480 e. The second-order valence-electron chi connectivity index (χ2n) is 5.65. The lowest BCUT2D eigenvalue weighted by Crippen LogP contribution is -2.54. The van der Waals surface area contributed by atoms with Crippen molar-refractivity contribution in [2.75, 3.05) is 18.8 Å². The molecule has 6 heteroatoms. The molecule has 0 aromatic rings. The van der Waals surface area contributed by atoms with E-state index in [1.54, 1.807) is 16.7 Å². The standard InChI is InChI=1S/C14H24N2O3S/c1-3-11-16(10(9-20-11)12(17)18)13(19)14(4-2)5-7-15-8-6-14/h10-11,15H,3-9H2,1-2H3,(H,17,18). The summed E-state index contributed by atoms with van der Waals surface area (Å²) < 4.78 is 0. The Kier molecular flexibility index (Phi) is 4.96. The smallest absolute Gasteiger partial charge is 0.327 e. The number of nitrogens with one attached hydrogen (secondary N) is 1. The van der Waals surface area contributed by atoms with Gasteiger partial charge in [0.1, 0.15) is 6.04 Å². The Morgan fingerprint density at radius 2 is 2.00 bits per heavy atom.